The van der Waals surface area contributed by atoms with Crippen molar-refractivity contribution < 1.29 is 26.9 Å². The minimum absolute atomic E-state index is 0. The zero-order valence-corrected chi connectivity index (χ0v) is 17.1. The first kappa shape index (κ1) is 11.8. The molecule has 2 aromatic rings. The fraction of sp³-hybridized carbons (Fsp3) is 0.455. The third-order valence-electron chi connectivity index (χ3n) is 17.0. The maximum atomic E-state index is 2.50. The fourth-order valence-corrected chi connectivity index (χ4v) is 107. The molecule has 0 radical (unpaired) electrons. The first-order valence-electron chi connectivity index (χ1n) is 9.75. The maximum absolute atomic E-state index is 3.05. The molecule has 0 aliphatic carbocycles. The molecule has 0 saturated carbocycles. The summed E-state index contributed by atoms with van der Waals surface area (Å²) >= 11 is 0. The molecule has 0 bridgehead atoms. The molecule has 10 aliphatic rings. The van der Waals surface area contributed by atoms with Gasteiger partial charge in [0.2, 0.25) is 0 Å². The van der Waals surface area contributed by atoms with Gasteiger partial charge in [-0.2, -0.15) is 0 Å². The Balaban J connectivity index is 0.00000102. The molecule has 10 aliphatic heterocycles. The number of rotatable bonds is 3. The molecule has 10 saturated heterocycles. The normalized spacial score (nSPS) is 84.3. The van der Waals surface area contributed by atoms with Crippen molar-refractivity contribution in [1.82, 2.24) is 0 Å². The van der Waals surface area contributed by atoms with Crippen molar-refractivity contribution >= 4 is 18.5 Å². The molecule has 130 valence electrons. The van der Waals surface area contributed by atoms with E-state index in [9.17, 15) is 0 Å². The number of hydrogen-bond donors (Lipinski definition) is 0. The fourth-order valence-electron chi connectivity index (χ4n) is 18.4. The van der Waals surface area contributed by atoms with E-state index in [-0.39, 0.29) is 28.3 Å². The van der Waals surface area contributed by atoms with E-state index in [0.29, 0.717) is 0 Å². The predicted octanol–water partition coefficient (Wildman–Crippen LogP) is 5.41. The van der Waals surface area contributed by atoms with Crippen LogP contribution in [0.2, 0.25) is 43.3 Å². The molecule has 4 unspecified atom stereocenters. The summed E-state index contributed by atoms with van der Waals surface area (Å²) in [4.78, 5) is 12.9. The molecule has 0 amide bonds. The van der Waals surface area contributed by atoms with Crippen LogP contribution in [0.15, 0.2) is 60.7 Å². The first-order valence-corrected chi connectivity index (χ1v) is 17.4. The van der Waals surface area contributed by atoms with E-state index >= 15 is 0 Å². The van der Waals surface area contributed by atoms with Crippen LogP contribution in [0.1, 0.15) is 0 Å². The molecule has 0 N–H and O–H groups in total. The monoisotopic (exact) mass is 476 g/mol. The van der Waals surface area contributed by atoms with E-state index in [1.165, 1.54) is 43.3 Å². The van der Waals surface area contributed by atoms with Crippen LogP contribution in [0.4, 0.5) is 0 Å². The van der Waals surface area contributed by atoms with Gasteiger partial charge < -0.3 is 0 Å². The SMILES string of the molecule is [Pd].c1ccc(P(c2ccccc2)[C]23[CH]4[CH]5[CH]6[CH]2[Fe]56432789[CH]3[CH]2[CH]7[CH]8[CH]39)cc1. The standard InChI is InChI=1S/C17H14P.C5H5.Fe.Pd/c1-3-9-15(10-4-1)18(17-13-7-8-14-17)16-11-5-2-6-12-16;1-2-4-5-3-1;;/h1-14H;1-5H;;. The molecular weight excluding hydrogens is 457 g/mol. The van der Waals surface area contributed by atoms with Crippen LogP contribution >= 0.6 is 7.92 Å². The Morgan fingerprint density at radius 1 is 0.600 bits per heavy atom. The van der Waals surface area contributed by atoms with Gasteiger partial charge in [0.1, 0.15) is 0 Å². The van der Waals surface area contributed by atoms with E-state index in [4.69, 9.17) is 0 Å². The predicted molar refractivity (Wildman–Crippen MR) is 95.6 cm³/mol. The molecule has 2 aromatic carbocycles. The molecule has 4 atom stereocenters. The molecule has 0 aromatic heterocycles. The van der Waals surface area contributed by atoms with Crippen molar-refractivity contribution in [3.05, 3.63) is 60.7 Å². The van der Waals surface area contributed by atoms with E-state index in [1.807, 2.05) is 0 Å². The summed E-state index contributed by atoms with van der Waals surface area (Å²) in [5.41, 5.74) is 0. The van der Waals surface area contributed by atoms with Crippen LogP contribution in [-0.2, 0) is 26.9 Å². The number of benzene rings is 2. The van der Waals surface area contributed by atoms with Crippen molar-refractivity contribution in [3.8, 4) is 0 Å². The first-order chi connectivity index (χ1) is 11.6. The Bertz CT molecular complexity index is 1320. The van der Waals surface area contributed by atoms with Crippen LogP contribution in [0.25, 0.3) is 0 Å². The van der Waals surface area contributed by atoms with E-state index in [0.717, 1.165) is 4.05 Å². The van der Waals surface area contributed by atoms with Crippen LogP contribution in [0, 0.1) is 0 Å². The van der Waals surface area contributed by atoms with Gasteiger partial charge in [-0.15, -0.1) is 0 Å². The van der Waals surface area contributed by atoms with Gasteiger partial charge >= 0.3 is 133 Å². The van der Waals surface area contributed by atoms with Gasteiger partial charge in [-0.25, -0.2) is 0 Å². The zero-order valence-electron chi connectivity index (χ0n) is 13.6. The van der Waals surface area contributed by atoms with Gasteiger partial charge in [0.15, 0.2) is 0 Å². The summed E-state index contributed by atoms with van der Waals surface area (Å²) in [5, 5.41) is 3.48. The van der Waals surface area contributed by atoms with Crippen LogP contribution < -0.4 is 10.6 Å². The molecule has 10 fully saturated rings. The van der Waals surface area contributed by atoms with Crippen molar-refractivity contribution in [3.63, 3.8) is 0 Å². The average molecular weight is 477 g/mol. The van der Waals surface area contributed by atoms with Crippen molar-refractivity contribution in [1.29, 1.82) is 0 Å². The second-order valence-corrected chi connectivity index (χ2v) is 39.0. The zero-order chi connectivity index (χ0) is 14.8. The van der Waals surface area contributed by atoms with Crippen LogP contribution in [0.5, 0.6) is 0 Å². The summed E-state index contributed by atoms with van der Waals surface area (Å²) in [6.07, 6.45) is 0. The molecule has 3 heteroatoms. The Kier molecular flexibility index (Phi) is 0.640. The third kappa shape index (κ3) is 0.198. The molecule has 1 spiro atoms. The van der Waals surface area contributed by atoms with E-state index in [2.05, 4.69) is 60.7 Å². The average Bonchev–Trinajstić information content (AvgIpc) is 3.57. The van der Waals surface area contributed by atoms with E-state index in [1.54, 1.807) is 10.6 Å². The Morgan fingerprint density at radius 3 is 1.28 bits per heavy atom. The van der Waals surface area contributed by atoms with Gasteiger partial charge in [0.05, 0.1) is 0 Å². The molecular formula is C22H19FePPd. The van der Waals surface area contributed by atoms with Gasteiger partial charge in [-0.05, 0) is 0 Å². The number of fused-ring (bicyclic) bond motifs is 10. The summed E-state index contributed by atoms with van der Waals surface area (Å²) in [6, 6.07) is 23.7. The second-order valence-electron chi connectivity index (χ2n) is 12.6. The summed E-state index contributed by atoms with van der Waals surface area (Å²) in [7, 11) is -0.0683. The Hall–Kier alpha value is 0.0518. The van der Waals surface area contributed by atoms with Gasteiger partial charge in [0.25, 0.3) is 0 Å². The molecule has 25 heavy (non-hydrogen) atoms. The minimum atomic E-state index is -3.05. The molecule has 12 rings (SSSR count). The van der Waals surface area contributed by atoms with E-state index < -0.39 is 6.51 Å². The van der Waals surface area contributed by atoms with Crippen molar-refractivity contribution in [2.75, 3.05) is 0 Å². The Labute approximate surface area is 152 Å². The molecule has 0 nitrogen and oxygen atoms in total. The summed E-state index contributed by atoms with van der Waals surface area (Å²) in [5.74, 6) is 0. The summed E-state index contributed by atoms with van der Waals surface area (Å²) in [6.45, 7) is -3.05. The van der Waals surface area contributed by atoms with Crippen LogP contribution in [0.3, 0.4) is 0 Å². The topological polar surface area (TPSA) is 0 Å². The summed E-state index contributed by atoms with van der Waals surface area (Å²) < 4.78 is 0.983. The van der Waals surface area contributed by atoms with Gasteiger partial charge in [0, 0.05) is 20.4 Å². The Morgan fingerprint density at radius 2 is 1.00 bits per heavy atom. The van der Waals surface area contributed by atoms with Gasteiger partial charge in [-0.1, -0.05) is 0 Å². The van der Waals surface area contributed by atoms with Crippen molar-refractivity contribution in [2.24, 2.45) is 0 Å². The van der Waals surface area contributed by atoms with Crippen LogP contribution in [-0.4, -0.2) is 4.05 Å². The molecule has 10 heterocycles. The second kappa shape index (κ2) is 1.36. The quantitative estimate of drug-likeness (QED) is 0.410. The number of hydrogen-bond acceptors (Lipinski definition) is 0. The van der Waals surface area contributed by atoms with Crippen molar-refractivity contribution in [2.45, 2.75) is 47.4 Å². The third-order valence-corrected chi connectivity index (χ3v) is 66.3. The van der Waals surface area contributed by atoms with Gasteiger partial charge in [-0.3, -0.25) is 0 Å².